The van der Waals surface area contributed by atoms with Crippen LogP contribution < -0.4 is 4.90 Å². The standard InChI is InChI=1S/C44H28N2O/c1-3-12-31(13-4-1)45(40-19-11-20-41-44(40)35-17-7-9-18-39(35)46(41)32-14-5-2-6-15-32)33-25-24-29-22-23-30-26-43-38(28-37(30)36(29)27-33)34-16-8-10-21-42(34)47-43/h1-28H/i1D,2D,3D,4D,5D,6D,7D,8D,9D,10D,11D,12D,13D,14D,15D,16D,17D,18D,19D,20D,21D,22D,23D,24D,25D,26D,27D,28D. The second-order valence-corrected chi connectivity index (χ2v) is 10.0. The number of rotatable bonds is 4. The van der Waals surface area contributed by atoms with Gasteiger partial charge in [-0.2, -0.15) is 0 Å². The van der Waals surface area contributed by atoms with Gasteiger partial charge in [0.1, 0.15) is 11.2 Å². The quantitative estimate of drug-likeness (QED) is 0.181. The molecule has 0 bridgehead atoms. The van der Waals surface area contributed by atoms with Crippen LogP contribution in [-0.4, -0.2) is 4.57 Å². The van der Waals surface area contributed by atoms with E-state index in [9.17, 15) is 17.8 Å². The Morgan fingerprint density at radius 3 is 2.00 bits per heavy atom. The summed E-state index contributed by atoms with van der Waals surface area (Å²) >= 11 is 0. The van der Waals surface area contributed by atoms with Crippen LogP contribution in [-0.2, 0) is 0 Å². The first-order valence-corrected chi connectivity index (χ1v) is 13.7. The molecule has 10 rings (SSSR count). The average Bonchev–Trinajstić information content (AvgIpc) is 4.03. The van der Waals surface area contributed by atoms with Crippen molar-refractivity contribution in [2.75, 3.05) is 4.90 Å². The number of fused-ring (bicyclic) bond motifs is 9. The minimum atomic E-state index is -1.17. The molecule has 0 fully saturated rings. The molecular weight excluding hydrogens is 572 g/mol. The van der Waals surface area contributed by atoms with Crippen molar-refractivity contribution in [1.29, 1.82) is 0 Å². The van der Waals surface area contributed by atoms with Crippen LogP contribution in [0.1, 0.15) is 38.4 Å². The SMILES string of the molecule is [2H]c1c([2H])c([2H])c(N(c2c([2H])c([2H])c3c([2H])c([2H])c4c([2H])c5oc6c([2H])c([2H])c([2H])c([2H])c6c5c([2H])c4c3c2[2H])c2c([2H])c([2H])c([2H])c3c2c2c([2H])c([2H])c([2H])c([2H])c2n3-c2c([2H])c([2H])c([2H])c([2H])c2[2H])c([2H])c1[2H]. The topological polar surface area (TPSA) is 21.3 Å². The second kappa shape index (κ2) is 10.1. The fraction of sp³-hybridized carbons (Fsp3) is 0. The smallest absolute Gasteiger partial charge is 0.136 e. The summed E-state index contributed by atoms with van der Waals surface area (Å²) in [6, 6.07) is -27.2. The summed E-state index contributed by atoms with van der Waals surface area (Å²) in [6.45, 7) is 0. The Balaban J connectivity index is 1.54. The Bertz CT molecular complexity index is 4350. The fourth-order valence-electron chi connectivity index (χ4n) is 5.58. The highest BCUT2D eigenvalue weighted by atomic mass is 16.3. The molecule has 0 atom stereocenters. The molecule has 8 aromatic carbocycles. The summed E-state index contributed by atoms with van der Waals surface area (Å²) in [4.78, 5) is 0.467. The zero-order valence-corrected chi connectivity index (χ0v) is 23.3. The van der Waals surface area contributed by atoms with E-state index in [2.05, 4.69) is 0 Å². The van der Waals surface area contributed by atoms with E-state index < -0.39 is 257 Å². The zero-order valence-electron chi connectivity index (χ0n) is 51.3. The molecule has 0 saturated carbocycles. The lowest BCUT2D eigenvalue weighted by molar-refractivity contribution is 0.669. The third-order valence-corrected chi connectivity index (χ3v) is 7.50. The van der Waals surface area contributed by atoms with Crippen LogP contribution in [0.2, 0.25) is 0 Å². The maximum atomic E-state index is 10.1. The number of aromatic nitrogens is 1. The summed E-state index contributed by atoms with van der Waals surface area (Å²) in [6.07, 6.45) is 0. The van der Waals surface area contributed by atoms with Gasteiger partial charge in [0, 0.05) is 38.6 Å². The lowest BCUT2D eigenvalue weighted by Gasteiger charge is -2.27. The number of hydrogen-bond acceptors (Lipinski definition) is 2. The van der Waals surface area contributed by atoms with E-state index in [1.807, 2.05) is 0 Å². The maximum absolute atomic E-state index is 10.1. The highest BCUT2D eigenvalue weighted by Gasteiger charge is 2.21. The molecule has 0 radical (unpaired) electrons. The Labute approximate surface area is 310 Å². The first-order chi connectivity index (χ1) is 35.0. The van der Waals surface area contributed by atoms with Crippen molar-refractivity contribution in [1.82, 2.24) is 4.57 Å². The minimum Gasteiger partial charge on any atom is -0.456 e. The molecule has 3 nitrogen and oxygen atoms in total. The summed E-state index contributed by atoms with van der Waals surface area (Å²) in [5.74, 6) is 0. The molecule has 3 heteroatoms. The molecule has 0 aliphatic carbocycles. The summed E-state index contributed by atoms with van der Waals surface area (Å²) in [5.41, 5.74) is -6.53. The molecule has 0 aliphatic heterocycles. The van der Waals surface area contributed by atoms with Gasteiger partial charge < -0.3 is 13.9 Å². The summed E-state index contributed by atoms with van der Waals surface area (Å²) in [7, 11) is 0. The maximum Gasteiger partial charge on any atom is 0.136 e. The largest absolute Gasteiger partial charge is 0.456 e. The van der Waals surface area contributed by atoms with Gasteiger partial charge in [-0.05, 0) is 94.1 Å². The molecule has 0 amide bonds. The van der Waals surface area contributed by atoms with Gasteiger partial charge in [-0.15, -0.1) is 0 Å². The Morgan fingerprint density at radius 1 is 0.447 bits per heavy atom. The van der Waals surface area contributed by atoms with E-state index in [1.165, 1.54) is 0 Å². The second-order valence-electron chi connectivity index (χ2n) is 10.0. The van der Waals surface area contributed by atoms with Crippen LogP contribution in [0.15, 0.2) is 174 Å². The van der Waals surface area contributed by atoms with Gasteiger partial charge in [0.15, 0.2) is 0 Å². The zero-order chi connectivity index (χ0) is 55.3. The van der Waals surface area contributed by atoms with Crippen LogP contribution >= 0.6 is 0 Å². The number of benzene rings is 8. The highest BCUT2D eigenvalue weighted by Crippen LogP contribution is 2.45. The van der Waals surface area contributed by atoms with E-state index in [-0.39, 0.29) is 0 Å². The van der Waals surface area contributed by atoms with Gasteiger partial charge in [0.05, 0.1) is 55.1 Å². The van der Waals surface area contributed by atoms with Crippen molar-refractivity contribution in [3.05, 3.63) is 169 Å². The molecule has 2 aromatic heterocycles. The van der Waals surface area contributed by atoms with Crippen LogP contribution in [0.3, 0.4) is 0 Å². The van der Waals surface area contributed by atoms with Gasteiger partial charge in [-0.25, -0.2) is 0 Å². The predicted octanol–water partition coefficient (Wildman–Crippen LogP) is 12.5. The van der Waals surface area contributed by atoms with Gasteiger partial charge >= 0.3 is 0 Å². The van der Waals surface area contributed by atoms with Gasteiger partial charge in [0.25, 0.3) is 0 Å². The van der Waals surface area contributed by atoms with E-state index in [0.29, 0.717) is 9.47 Å². The molecule has 0 saturated heterocycles. The normalized spacial score (nSPS) is 20.2. The van der Waals surface area contributed by atoms with Crippen molar-refractivity contribution in [2.45, 2.75) is 0 Å². The van der Waals surface area contributed by atoms with Crippen LogP contribution in [0, 0.1) is 0 Å². The molecule has 220 valence electrons. The van der Waals surface area contributed by atoms with Crippen LogP contribution in [0.25, 0.3) is 71.0 Å². The first kappa shape index (κ1) is 10.6. The average molecular weight is 629 g/mol. The van der Waals surface area contributed by atoms with Crippen molar-refractivity contribution < 1.29 is 42.8 Å². The third kappa shape index (κ3) is 3.93. The van der Waals surface area contributed by atoms with Crippen LogP contribution in [0.4, 0.5) is 17.1 Å². The van der Waals surface area contributed by atoms with E-state index in [1.54, 1.807) is 0 Å². The number of furan rings is 1. The van der Waals surface area contributed by atoms with Crippen LogP contribution in [0.5, 0.6) is 0 Å². The van der Waals surface area contributed by atoms with E-state index in [0.717, 1.165) is 0 Å². The van der Waals surface area contributed by atoms with Crippen molar-refractivity contribution in [2.24, 2.45) is 0 Å². The Morgan fingerprint density at radius 2 is 1.13 bits per heavy atom. The number of nitrogens with zero attached hydrogens (tertiary/aromatic N) is 2. The molecule has 10 aromatic rings. The highest BCUT2D eigenvalue weighted by molar-refractivity contribution is 6.19. The molecular formula is C44H28N2O. The van der Waals surface area contributed by atoms with E-state index >= 15 is 0 Å². The number of anilines is 3. The molecule has 47 heavy (non-hydrogen) atoms. The van der Waals surface area contributed by atoms with Crippen molar-refractivity contribution in [3.63, 3.8) is 0 Å². The number of hydrogen-bond donors (Lipinski definition) is 0. The Kier molecular flexibility index (Phi) is 2.28. The number of para-hydroxylation sites is 4. The molecule has 0 N–H and O–H groups in total. The summed E-state index contributed by atoms with van der Waals surface area (Å²) in [5, 5.41) is -5.01. The first-order valence-electron chi connectivity index (χ1n) is 27.7. The molecule has 2 heterocycles. The summed E-state index contributed by atoms with van der Waals surface area (Å²) < 4.78 is 259. The molecule has 0 unspecified atom stereocenters. The predicted molar refractivity (Wildman–Crippen MR) is 198 cm³/mol. The Hall–Kier alpha value is -6.32. The molecule has 0 spiro atoms. The lowest BCUT2D eigenvalue weighted by atomic mass is 9.98. The van der Waals surface area contributed by atoms with Gasteiger partial charge in [0.2, 0.25) is 0 Å². The van der Waals surface area contributed by atoms with Gasteiger partial charge in [-0.1, -0.05) is 96.7 Å². The fourth-order valence-corrected chi connectivity index (χ4v) is 5.58. The third-order valence-electron chi connectivity index (χ3n) is 7.50. The minimum absolute atomic E-state index is 0.415. The monoisotopic (exact) mass is 628 g/mol. The van der Waals surface area contributed by atoms with Crippen molar-refractivity contribution >= 4 is 82.4 Å². The van der Waals surface area contributed by atoms with Crippen molar-refractivity contribution in [3.8, 4) is 5.69 Å². The van der Waals surface area contributed by atoms with Gasteiger partial charge in [-0.3, -0.25) is 0 Å². The van der Waals surface area contributed by atoms with E-state index in [4.69, 9.17) is 25.0 Å². The molecule has 0 aliphatic rings. The lowest BCUT2D eigenvalue weighted by Crippen LogP contribution is -2.10.